The van der Waals surface area contributed by atoms with Crippen molar-refractivity contribution in [3.63, 3.8) is 0 Å². The van der Waals surface area contributed by atoms with Crippen LogP contribution in [0.25, 0.3) is 0 Å². The molecule has 0 radical (unpaired) electrons. The molecule has 20 heavy (non-hydrogen) atoms. The first-order valence-electron chi connectivity index (χ1n) is 5.06. The minimum Gasteiger partial charge on any atom is -0.288 e. The highest BCUT2D eigenvalue weighted by Crippen LogP contribution is 2.36. The summed E-state index contributed by atoms with van der Waals surface area (Å²) in [5.41, 5.74) is -0.554. The lowest BCUT2D eigenvalue weighted by Crippen LogP contribution is -2.08. The van der Waals surface area contributed by atoms with E-state index in [-0.39, 0.29) is 5.56 Å². The quantitative estimate of drug-likeness (QED) is 0.451. The van der Waals surface area contributed by atoms with Crippen molar-refractivity contribution >= 4 is 64.9 Å². The van der Waals surface area contributed by atoms with Gasteiger partial charge in [0.05, 0.1) is 13.1 Å². The third-order valence-corrected chi connectivity index (χ3v) is 5.47. The van der Waals surface area contributed by atoms with E-state index in [0.717, 1.165) is 15.9 Å². The minimum absolute atomic E-state index is 0.0224. The number of alkyl halides is 3. The molecule has 0 spiro atoms. The van der Waals surface area contributed by atoms with E-state index in [2.05, 4.69) is 47.8 Å². The fourth-order valence-corrected chi connectivity index (χ4v) is 4.74. The van der Waals surface area contributed by atoms with Gasteiger partial charge in [-0.1, -0.05) is 15.9 Å². The molecule has 1 heterocycles. The summed E-state index contributed by atoms with van der Waals surface area (Å²) in [6.45, 7) is 0. The molecule has 0 fully saturated rings. The molecule has 1 aromatic heterocycles. The molecule has 0 saturated heterocycles. The third-order valence-electron chi connectivity index (χ3n) is 2.44. The first-order chi connectivity index (χ1) is 9.20. The van der Waals surface area contributed by atoms with Gasteiger partial charge in [-0.25, -0.2) is 0 Å². The van der Waals surface area contributed by atoms with Crippen molar-refractivity contribution in [1.29, 1.82) is 0 Å². The van der Waals surface area contributed by atoms with Crippen LogP contribution in [-0.2, 0) is 6.18 Å². The molecule has 0 saturated carbocycles. The first kappa shape index (κ1) is 16.2. The van der Waals surface area contributed by atoms with Crippen LogP contribution in [0, 0.1) is 0 Å². The molecule has 1 nitrogen and oxygen atoms in total. The lowest BCUT2D eigenvalue weighted by atomic mass is 10.0. The van der Waals surface area contributed by atoms with Crippen LogP contribution < -0.4 is 0 Å². The summed E-state index contributed by atoms with van der Waals surface area (Å²) in [5.74, 6) is -0.475. The minimum atomic E-state index is -4.48. The molecule has 0 unspecified atom stereocenters. The maximum Gasteiger partial charge on any atom is 0.416 e. The summed E-state index contributed by atoms with van der Waals surface area (Å²) in [7, 11) is 0. The van der Waals surface area contributed by atoms with Crippen molar-refractivity contribution in [2.75, 3.05) is 0 Å². The van der Waals surface area contributed by atoms with Crippen LogP contribution >= 0.6 is 59.1 Å². The van der Waals surface area contributed by atoms with Crippen molar-refractivity contribution in [2.24, 2.45) is 0 Å². The fraction of sp³-hybridized carbons (Fsp3) is 0.0833. The number of carbonyl (C=O) groups excluding carboxylic acids is 1. The maximum atomic E-state index is 12.7. The van der Waals surface area contributed by atoms with Crippen LogP contribution in [0.2, 0.25) is 0 Å². The van der Waals surface area contributed by atoms with E-state index in [1.807, 2.05) is 0 Å². The predicted octanol–water partition coefficient (Wildman–Crippen LogP) is 6.29. The number of benzene rings is 1. The van der Waals surface area contributed by atoms with E-state index in [1.54, 1.807) is 6.07 Å². The van der Waals surface area contributed by atoms with Crippen LogP contribution in [0.15, 0.2) is 36.3 Å². The van der Waals surface area contributed by atoms with Crippen molar-refractivity contribution in [1.82, 2.24) is 0 Å². The summed E-state index contributed by atoms with van der Waals surface area (Å²) in [5, 5.41) is 0. The predicted molar refractivity (Wildman–Crippen MR) is 82.3 cm³/mol. The van der Waals surface area contributed by atoms with Gasteiger partial charge in [-0.3, -0.25) is 4.79 Å². The highest BCUT2D eigenvalue weighted by molar-refractivity contribution is 9.12. The Morgan fingerprint density at radius 1 is 1.05 bits per heavy atom. The largest absolute Gasteiger partial charge is 0.416 e. The topological polar surface area (TPSA) is 17.1 Å². The maximum absolute atomic E-state index is 12.7. The molecule has 1 aromatic carbocycles. The Bertz CT molecular complexity index is 679. The van der Waals surface area contributed by atoms with Gasteiger partial charge in [0.2, 0.25) is 0 Å². The zero-order chi connectivity index (χ0) is 15.1. The third kappa shape index (κ3) is 3.35. The van der Waals surface area contributed by atoms with E-state index in [9.17, 15) is 18.0 Å². The molecule has 0 aliphatic heterocycles. The number of hydrogen-bond donors (Lipinski definition) is 0. The monoisotopic (exact) mass is 490 g/mol. The van der Waals surface area contributed by atoms with Gasteiger partial charge in [0.15, 0.2) is 5.78 Å². The number of rotatable bonds is 2. The van der Waals surface area contributed by atoms with Gasteiger partial charge in [0.1, 0.15) is 0 Å². The summed E-state index contributed by atoms with van der Waals surface area (Å²) >= 11 is 10.9. The molecule has 0 N–H and O–H groups in total. The summed E-state index contributed by atoms with van der Waals surface area (Å²) in [6, 6.07) is 4.58. The van der Waals surface area contributed by atoms with E-state index >= 15 is 0 Å². The van der Waals surface area contributed by atoms with Gasteiger partial charge in [-0.15, -0.1) is 11.3 Å². The van der Waals surface area contributed by atoms with Gasteiger partial charge in [0, 0.05) is 15.6 Å². The van der Waals surface area contributed by atoms with Crippen molar-refractivity contribution in [2.45, 2.75) is 6.18 Å². The van der Waals surface area contributed by atoms with E-state index < -0.39 is 17.5 Å². The van der Waals surface area contributed by atoms with E-state index in [0.29, 0.717) is 13.8 Å². The molecule has 2 aromatic rings. The number of halogens is 6. The molecule has 2 rings (SSSR count). The molecule has 0 amide bonds. The van der Waals surface area contributed by atoms with Gasteiger partial charge >= 0.3 is 6.18 Å². The zero-order valence-corrected chi connectivity index (χ0v) is 15.0. The standard InChI is InChI=1S/C12H4Br3F3OS/c13-8-2-1-5(12(16,17)18)3-6(8)10(19)7-4-9(14)20-11(7)15/h1-4H. The highest BCUT2D eigenvalue weighted by atomic mass is 79.9. The van der Waals surface area contributed by atoms with Gasteiger partial charge in [0.25, 0.3) is 0 Å². The van der Waals surface area contributed by atoms with Crippen molar-refractivity contribution in [3.8, 4) is 0 Å². The van der Waals surface area contributed by atoms with Gasteiger partial charge in [-0.2, -0.15) is 13.2 Å². The Morgan fingerprint density at radius 3 is 2.20 bits per heavy atom. The van der Waals surface area contributed by atoms with Crippen LogP contribution in [0.1, 0.15) is 21.5 Å². The van der Waals surface area contributed by atoms with E-state index in [1.165, 1.54) is 17.4 Å². The second kappa shape index (κ2) is 5.90. The van der Waals surface area contributed by atoms with Gasteiger partial charge < -0.3 is 0 Å². The van der Waals surface area contributed by atoms with Crippen LogP contribution in [0.3, 0.4) is 0 Å². The number of ketones is 1. The Labute approximate surface area is 141 Å². The van der Waals surface area contributed by atoms with Crippen molar-refractivity contribution in [3.05, 3.63) is 53.0 Å². The van der Waals surface area contributed by atoms with E-state index in [4.69, 9.17) is 0 Å². The SMILES string of the molecule is O=C(c1cc(C(F)(F)F)ccc1Br)c1cc(Br)sc1Br. The smallest absolute Gasteiger partial charge is 0.288 e. The molecular weight excluding hydrogens is 489 g/mol. The molecule has 0 bridgehead atoms. The Morgan fingerprint density at radius 2 is 1.70 bits per heavy atom. The second-order valence-electron chi connectivity index (χ2n) is 3.76. The summed E-state index contributed by atoms with van der Waals surface area (Å²) in [6.07, 6.45) is -4.48. The van der Waals surface area contributed by atoms with Crippen LogP contribution in [0.5, 0.6) is 0 Å². The second-order valence-corrected chi connectivity index (χ2v) is 8.36. The molecule has 0 aliphatic rings. The summed E-state index contributed by atoms with van der Waals surface area (Å²) < 4.78 is 39.7. The molecule has 8 heteroatoms. The average molecular weight is 493 g/mol. The molecule has 0 aliphatic carbocycles. The first-order valence-corrected chi connectivity index (χ1v) is 8.26. The van der Waals surface area contributed by atoms with Crippen LogP contribution in [0.4, 0.5) is 13.2 Å². The number of hydrogen-bond acceptors (Lipinski definition) is 2. The lowest BCUT2D eigenvalue weighted by molar-refractivity contribution is -0.137. The van der Waals surface area contributed by atoms with Crippen molar-refractivity contribution < 1.29 is 18.0 Å². The Kier molecular flexibility index (Phi) is 4.78. The molecule has 106 valence electrons. The average Bonchev–Trinajstić information content (AvgIpc) is 2.66. The van der Waals surface area contributed by atoms with Crippen LogP contribution in [-0.4, -0.2) is 5.78 Å². The number of thiophene rings is 1. The highest BCUT2D eigenvalue weighted by Gasteiger charge is 2.32. The Hall–Kier alpha value is -0.180. The molecular formula is C12H4Br3F3OS. The fourth-order valence-electron chi connectivity index (χ4n) is 1.52. The lowest BCUT2D eigenvalue weighted by Gasteiger charge is -2.09. The molecule has 0 atom stereocenters. The number of carbonyl (C=O) groups is 1. The van der Waals surface area contributed by atoms with Gasteiger partial charge in [-0.05, 0) is 56.1 Å². The zero-order valence-electron chi connectivity index (χ0n) is 9.39. The Balaban J connectivity index is 2.52. The normalized spacial score (nSPS) is 11.7. The summed E-state index contributed by atoms with van der Waals surface area (Å²) in [4.78, 5) is 12.3.